The van der Waals surface area contributed by atoms with Crippen molar-refractivity contribution >= 4 is 17.3 Å². The molecule has 1 aromatic heterocycles. The molecule has 1 fully saturated rings. The van der Waals surface area contributed by atoms with Crippen LogP contribution in [0.1, 0.15) is 13.3 Å². The van der Waals surface area contributed by atoms with E-state index in [-0.39, 0.29) is 5.69 Å². The monoisotopic (exact) mass is 281 g/mol. The van der Waals surface area contributed by atoms with Crippen molar-refractivity contribution in [3.05, 3.63) is 22.2 Å². The predicted octanol–water partition coefficient (Wildman–Crippen LogP) is 1.47. The van der Waals surface area contributed by atoms with Gasteiger partial charge in [-0.1, -0.05) is 6.92 Å². The molecule has 2 N–H and O–H groups in total. The summed E-state index contributed by atoms with van der Waals surface area (Å²) in [6, 6.07) is 2.88. The number of rotatable bonds is 6. The van der Waals surface area contributed by atoms with E-state index >= 15 is 0 Å². The molecule has 0 aromatic carbocycles. The van der Waals surface area contributed by atoms with E-state index in [1.165, 1.54) is 12.1 Å². The number of hydrazine groups is 1. The second kappa shape index (κ2) is 7.01. The van der Waals surface area contributed by atoms with E-state index in [1.54, 1.807) is 0 Å². The largest absolute Gasteiger partial charge is 0.379 e. The molecule has 1 aliphatic rings. The lowest BCUT2D eigenvalue weighted by atomic mass is 10.3. The number of nitro groups is 1. The van der Waals surface area contributed by atoms with Crippen LogP contribution in [0, 0.1) is 10.1 Å². The lowest BCUT2D eigenvalue weighted by Gasteiger charge is -2.27. The zero-order valence-electron chi connectivity index (χ0n) is 11.5. The molecule has 0 saturated carbocycles. The maximum atomic E-state index is 11.0. The number of ether oxygens (including phenoxy) is 1. The highest BCUT2D eigenvalue weighted by Gasteiger charge is 2.15. The zero-order valence-corrected chi connectivity index (χ0v) is 11.5. The SMILES string of the molecule is CCCNc1cc([N+](=O)[O-])cc(NN2CCOCC2)n1. The van der Waals surface area contributed by atoms with Crippen LogP contribution in [0.25, 0.3) is 0 Å². The molecule has 2 rings (SSSR count). The topological polar surface area (TPSA) is 92.6 Å². The molecule has 2 heterocycles. The molecule has 110 valence electrons. The van der Waals surface area contributed by atoms with Crippen molar-refractivity contribution in [1.29, 1.82) is 0 Å². The zero-order chi connectivity index (χ0) is 14.4. The first kappa shape index (κ1) is 14.5. The molecule has 0 atom stereocenters. The maximum absolute atomic E-state index is 11.0. The van der Waals surface area contributed by atoms with Crippen LogP contribution in [-0.4, -0.2) is 47.8 Å². The third-order valence-corrected chi connectivity index (χ3v) is 2.86. The predicted molar refractivity (Wildman–Crippen MR) is 75.7 cm³/mol. The van der Waals surface area contributed by atoms with Crippen molar-refractivity contribution in [3.8, 4) is 0 Å². The first-order valence-electron chi connectivity index (χ1n) is 6.68. The average Bonchev–Trinajstić information content (AvgIpc) is 2.46. The summed E-state index contributed by atoms with van der Waals surface area (Å²) in [6.45, 7) is 5.48. The van der Waals surface area contributed by atoms with Crippen LogP contribution in [-0.2, 0) is 4.74 Å². The van der Waals surface area contributed by atoms with Crippen LogP contribution in [0.3, 0.4) is 0 Å². The minimum atomic E-state index is -0.413. The van der Waals surface area contributed by atoms with Crippen molar-refractivity contribution in [2.24, 2.45) is 0 Å². The average molecular weight is 281 g/mol. The van der Waals surface area contributed by atoms with Gasteiger partial charge in [-0.3, -0.25) is 10.1 Å². The molecule has 0 bridgehead atoms. The van der Waals surface area contributed by atoms with Gasteiger partial charge in [0.15, 0.2) is 0 Å². The molecule has 0 radical (unpaired) electrons. The first-order chi connectivity index (χ1) is 9.69. The number of morpholine rings is 1. The fourth-order valence-corrected chi connectivity index (χ4v) is 1.86. The highest BCUT2D eigenvalue weighted by atomic mass is 16.6. The van der Waals surface area contributed by atoms with E-state index in [9.17, 15) is 10.1 Å². The lowest BCUT2D eigenvalue weighted by molar-refractivity contribution is -0.384. The Morgan fingerprint density at radius 1 is 1.40 bits per heavy atom. The molecule has 8 heteroatoms. The molecule has 1 saturated heterocycles. The number of pyridine rings is 1. The van der Waals surface area contributed by atoms with E-state index in [4.69, 9.17) is 4.74 Å². The highest BCUT2D eigenvalue weighted by Crippen LogP contribution is 2.21. The van der Waals surface area contributed by atoms with Crippen molar-refractivity contribution in [3.63, 3.8) is 0 Å². The minimum Gasteiger partial charge on any atom is -0.379 e. The van der Waals surface area contributed by atoms with Crippen LogP contribution in [0.2, 0.25) is 0 Å². The summed E-state index contributed by atoms with van der Waals surface area (Å²) >= 11 is 0. The van der Waals surface area contributed by atoms with E-state index in [0.717, 1.165) is 26.1 Å². The highest BCUT2D eigenvalue weighted by molar-refractivity contribution is 5.54. The van der Waals surface area contributed by atoms with Crippen LogP contribution < -0.4 is 10.7 Å². The number of hydrogen-bond acceptors (Lipinski definition) is 7. The van der Waals surface area contributed by atoms with Crippen molar-refractivity contribution in [2.45, 2.75) is 13.3 Å². The summed E-state index contributed by atoms with van der Waals surface area (Å²) in [4.78, 5) is 14.9. The number of aromatic nitrogens is 1. The fraction of sp³-hybridized carbons (Fsp3) is 0.583. The van der Waals surface area contributed by atoms with Crippen LogP contribution in [0.4, 0.5) is 17.3 Å². The van der Waals surface area contributed by atoms with Gasteiger partial charge in [-0.15, -0.1) is 0 Å². The Bertz CT molecular complexity index is 462. The Balaban J connectivity index is 2.12. The van der Waals surface area contributed by atoms with E-state index in [1.807, 2.05) is 11.9 Å². The molecule has 20 heavy (non-hydrogen) atoms. The summed E-state index contributed by atoms with van der Waals surface area (Å²) in [5.74, 6) is 0.983. The number of nitrogens with one attached hydrogen (secondary N) is 2. The van der Waals surface area contributed by atoms with Crippen LogP contribution >= 0.6 is 0 Å². The van der Waals surface area contributed by atoms with Gasteiger partial charge in [0, 0.05) is 19.6 Å². The van der Waals surface area contributed by atoms with Gasteiger partial charge in [0.2, 0.25) is 0 Å². The molecule has 1 aliphatic heterocycles. The minimum absolute atomic E-state index is 0.0226. The van der Waals surface area contributed by atoms with Gasteiger partial charge in [-0.05, 0) is 6.42 Å². The van der Waals surface area contributed by atoms with Gasteiger partial charge in [-0.25, -0.2) is 9.99 Å². The summed E-state index contributed by atoms with van der Waals surface area (Å²) in [5.41, 5.74) is 3.11. The molecule has 0 unspecified atom stereocenters. The summed E-state index contributed by atoms with van der Waals surface area (Å²) in [5, 5.41) is 16.0. The number of hydrogen-bond donors (Lipinski definition) is 2. The Morgan fingerprint density at radius 2 is 2.10 bits per heavy atom. The Kier molecular flexibility index (Phi) is 5.08. The molecule has 0 aliphatic carbocycles. The smallest absolute Gasteiger partial charge is 0.276 e. The summed E-state index contributed by atoms with van der Waals surface area (Å²) in [7, 11) is 0. The molecule has 8 nitrogen and oxygen atoms in total. The molecule has 1 aromatic rings. The molecular formula is C12H19N5O3. The third-order valence-electron chi connectivity index (χ3n) is 2.86. The van der Waals surface area contributed by atoms with Crippen molar-refractivity contribution in [1.82, 2.24) is 9.99 Å². The third kappa shape index (κ3) is 4.04. The van der Waals surface area contributed by atoms with Crippen molar-refractivity contribution < 1.29 is 9.66 Å². The van der Waals surface area contributed by atoms with E-state index < -0.39 is 4.92 Å². The van der Waals surface area contributed by atoms with E-state index in [0.29, 0.717) is 24.8 Å². The van der Waals surface area contributed by atoms with Gasteiger partial charge in [0.25, 0.3) is 5.69 Å². The Labute approximate surface area is 117 Å². The van der Waals surface area contributed by atoms with Gasteiger partial charge in [0.05, 0.1) is 30.3 Å². The first-order valence-corrected chi connectivity index (χ1v) is 6.68. The van der Waals surface area contributed by atoms with E-state index in [2.05, 4.69) is 15.7 Å². The van der Waals surface area contributed by atoms with Gasteiger partial charge in [0.1, 0.15) is 11.6 Å². The number of nitrogens with zero attached hydrogens (tertiary/aromatic N) is 3. The van der Waals surface area contributed by atoms with Gasteiger partial charge >= 0.3 is 0 Å². The maximum Gasteiger partial charge on any atom is 0.276 e. The van der Waals surface area contributed by atoms with Crippen LogP contribution in [0.5, 0.6) is 0 Å². The number of anilines is 2. The lowest BCUT2D eigenvalue weighted by Crippen LogP contribution is -2.40. The Hall–Kier alpha value is -1.93. The molecule has 0 spiro atoms. The second-order valence-electron chi connectivity index (χ2n) is 4.49. The quantitative estimate of drug-likeness (QED) is 0.602. The molecular weight excluding hydrogens is 262 g/mol. The van der Waals surface area contributed by atoms with Gasteiger partial charge < -0.3 is 15.5 Å². The van der Waals surface area contributed by atoms with Gasteiger partial charge in [-0.2, -0.15) is 0 Å². The normalized spacial score (nSPS) is 15.8. The molecule has 0 amide bonds. The summed E-state index contributed by atoms with van der Waals surface area (Å²) < 4.78 is 5.25. The summed E-state index contributed by atoms with van der Waals surface area (Å²) in [6.07, 6.45) is 0.927. The standard InChI is InChI=1S/C12H19N5O3/c1-2-3-13-11-8-10(17(18)19)9-12(14-11)15-16-4-6-20-7-5-16/h8-9H,2-7H2,1H3,(H2,13,14,15). The second-order valence-corrected chi connectivity index (χ2v) is 4.49. The fourth-order valence-electron chi connectivity index (χ4n) is 1.86. The Morgan fingerprint density at radius 3 is 2.75 bits per heavy atom. The van der Waals surface area contributed by atoms with Crippen molar-refractivity contribution in [2.75, 3.05) is 43.6 Å². The van der Waals surface area contributed by atoms with Crippen LogP contribution in [0.15, 0.2) is 12.1 Å².